The first kappa shape index (κ1) is 16.5. The molecule has 0 aliphatic rings. The van der Waals surface area contributed by atoms with Crippen molar-refractivity contribution in [2.75, 3.05) is 11.9 Å². The van der Waals surface area contributed by atoms with Gasteiger partial charge in [0.1, 0.15) is 5.76 Å². The first-order chi connectivity index (χ1) is 12.2. The Hall–Kier alpha value is -3.35. The number of nitrogens with one attached hydrogen (secondary N) is 2. The van der Waals surface area contributed by atoms with Crippen molar-refractivity contribution >= 4 is 23.9 Å². The fraction of sp³-hybridized carbons (Fsp3) is 0.167. The van der Waals surface area contributed by atoms with Crippen LogP contribution in [0, 0.1) is 0 Å². The molecule has 2 N–H and O–H groups in total. The van der Waals surface area contributed by atoms with Crippen molar-refractivity contribution in [3.63, 3.8) is 0 Å². The zero-order chi connectivity index (χ0) is 17.5. The average molecular weight is 338 g/mol. The van der Waals surface area contributed by atoms with Gasteiger partial charge in [-0.2, -0.15) is 4.98 Å². The second kappa shape index (κ2) is 7.96. The van der Waals surface area contributed by atoms with Crippen molar-refractivity contribution in [1.29, 1.82) is 0 Å². The number of nitrogens with zero attached hydrogens (tertiary/aromatic N) is 2. The highest BCUT2D eigenvalue weighted by Crippen LogP contribution is 2.20. The molecule has 1 aromatic carbocycles. The first-order valence-corrected chi connectivity index (χ1v) is 7.95. The predicted molar refractivity (Wildman–Crippen MR) is 94.7 cm³/mol. The number of aromatic nitrogens is 2. The highest BCUT2D eigenvalue weighted by Gasteiger charge is 2.08. The van der Waals surface area contributed by atoms with Gasteiger partial charge in [-0.3, -0.25) is 0 Å². The summed E-state index contributed by atoms with van der Waals surface area (Å²) in [6, 6.07) is 10.6. The van der Waals surface area contributed by atoms with Crippen molar-refractivity contribution < 1.29 is 13.7 Å². The van der Waals surface area contributed by atoms with E-state index in [1.807, 2.05) is 25.1 Å². The van der Waals surface area contributed by atoms with Crippen LogP contribution in [-0.2, 0) is 0 Å². The monoisotopic (exact) mass is 338 g/mol. The molecule has 0 radical (unpaired) electrons. The molecule has 0 spiro atoms. The third-order valence-electron chi connectivity index (χ3n) is 3.29. The number of urea groups is 1. The lowest BCUT2D eigenvalue weighted by atomic mass is 10.2. The standard InChI is InChI=1S/C18H18N4O3/c1-2-10-19-18(23)20-14-6-3-5-13(12-14)17-21-16(25-22-17)9-8-15-7-4-11-24-15/h3-9,11-12H,2,10H2,1H3,(H2,19,20,23)/b9-8+. The third-order valence-corrected chi connectivity index (χ3v) is 3.29. The second-order valence-electron chi connectivity index (χ2n) is 5.27. The molecule has 0 saturated heterocycles. The summed E-state index contributed by atoms with van der Waals surface area (Å²) in [6.07, 6.45) is 5.89. The van der Waals surface area contributed by atoms with Gasteiger partial charge in [-0.25, -0.2) is 4.79 Å². The number of anilines is 1. The van der Waals surface area contributed by atoms with E-state index in [9.17, 15) is 4.79 Å². The summed E-state index contributed by atoms with van der Waals surface area (Å²) >= 11 is 0. The van der Waals surface area contributed by atoms with Gasteiger partial charge in [0.05, 0.1) is 6.26 Å². The number of hydrogen-bond acceptors (Lipinski definition) is 5. The molecule has 0 aliphatic heterocycles. The van der Waals surface area contributed by atoms with Gasteiger partial charge in [0.15, 0.2) is 0 Å². The van der Waals surface area contributed by atoms with Crippen LogP contribution < -0.4 is 10.6 Å². The molecule has 3 aromatic rings. The molecule has 3 rings (SSSR count). The topological polar surface area (TPSA) is 93.2 Å². The molecule has 128 valence electrons. The molecule has 0 bridgehead atoms. The Balaban J connectivity index is 1.70. The molecule has 2 heterocycles. The van der Waals surface area contributed by atoms with Crippen LogP contribution in [0.4, 0.5) is 10.5 Å². The number of furan rings is 1. The van der Waals surface area contributed by atoms with Gasteiger partial charge in [-0.15, -0.1) is 0 Å². The highest BCUT2D eigenvalue weighted by molar-refractivity contribution is 5.89. The summed E-state index contributed by atoms with van der Waals surface area (Å²) in [6.45, 7) is 2.62. The average Bonchev–Trinajstić information content (AvgIpc) is 3.30. The van der Waals surface area contributed by atoms with Crippen LogP contribution in [0.1, 0.15) is 25.0 Å². The first-order valence-electron chi connectivity index (χ1n) is 7.95. The molecule has 0 fully saturated rings. The van der Waals surface area contributed by atoms with E-state index in [0.29, 0.717) is 29.7 Å². The van der Waals surface area contributed by atoms with Crippen LogP contribution in [-0.4, -0.2) is 22.7 Å². The van der Waals surface area contributed by atoms with Crippen LogP contribution in [0.2, 0.25) is 0 Å². The zero-order valence-corrected chi connectivity index (χ0v) is 13.7. The van der Waals surface area contributed by atoms with Crippen molar-refractivity contribution in [2.45, 2.75) is 13.3 Å². The largest absolute Gasteiger partial charge is 0.465 e. The van der Waals surface area contributed by atoms with Gasteiger partial charge in [-0.1, -0.05) is 24.2 Å². The SMILES string of the molecule is CCCNC(=O)Nc1cccc(-c2noc(/C=C/c3ccco3)n2)c1. The Morgan fingerprint density at radius 1 is 1.24 bits per heavy atom. The smallest absolute Gasteiger partial charge is 0.319 e. The number of hydrogen-bond donors (Lipinski definition) is 2. The molecule has 0 saturated carbocycles. The van der Waals surface area contributed by atoms with E-state index in [2.05, 4.69) is 20.8 Å². The van der Waals surface area contributed by atoms with E-state index >= 15 is 0 Å². The Morgan fingerprint density at radius 2 is 2.16 bits per heavy atom. The van der Waals surface area contributed by atoms with Crippen molar-refractivity contribution in [3.8, 4) is 11.4 Å². The maximum absolute atomic E-state index is 11.7. The number of rotatable bonds is 6. The number of carbonyl (C=O) groups is 1. The van der Waals surface area contributed by atoms with Gasteiger partial charge in [0, 0.05) is 23.9 Å². The molecule has 25 heavy (non-hydrogen) atoms. The van der Waals surface area contributed by atoms with Crippen molar-refractivity contribution in [2.24, 2.45) is 0 Å². The minimum atomic E-state index is -0.241. The van der Waals surface area contributed by atoms with Crippen LogP contribution in [0.25, 0.3) is 23.5 Å². The van der Waals surface area contributed by atoms with Crippen molar-refractivity contribution in [1.82, 2.24) is 15.5 Å². The summed E-state index contributed by atoms with van der Waals surface area (Å²) in [4.78, 5) is 16.0. The molecule has 0 unspecified atom stereocenters. The fourth-order valence-corrected chi connectivity index (χ4v) is 2.11. The van der Waals surface area contributed by atoms with Gasteiger partial charge in [-0.05, 0) is 36.8 Å². The zero-order valence-electron chi connectivity index (χ0n) is 13.7. The van der Waals surface area contributed by atoms with E-state index in [1.165, 1.54) is 0 Å². The molecule has 2 aromatic heterocycles. The predicted octanol–water partition coefficient (Wildman–Crippen LogP) is 4.03. The molecular weight excluding hydrogens is 320 g/mol. The molecule has 0 atom stereocenters. The van der Waals surface area contributed by atoms with Gasteiger partial charge >= 0.3 is 6.03 Å². The molecular formula is C18H18N4O3. The maximum atomic E-state index is 11.7. The summed E-state index contributed by atoms with van der Waals surface area (Å²) in [7, 11) is 0. The lowest BCUT2D eigenvalue weighted by Crippen LogP contribution is -2.29. The normalized spacial score (nSPS) is 10.9. The lowest BCUT2D eigenvalue weighted by molar-refractivity contribution is 0.252. The van der Waals surface area contributed by atoms with E-state index in [-0.39, 0.29) is 6.03 Å². The second-order valence-corrected chi connectivity index (χ2v) is 5.27. The highest BCUT2D eigenvalue weighted by atomic mass is 16.5. The lowest BCUT2D eigenvalue weighted by Gasteiger charge is -2.07. The Bertz CT molecular complexity index is 853. The summed E-state index contributed by atoms with van der Waals surface area (Å²) < 4.78 is 10.4. The fourth-order valence-electron chi connectivity index (χ4n) is 2.11. The summed E-state index contributed by atoms with van der Waals surface area (Å²) in [5.74, 6) is 1.51. The molecule has 7 heteroatoms. The van der Waals surface area contributed by atoms with Crippen molar-refractivity contribution in [3.05, 3.63) is 54.3 Å². The Kier molecular flexibility index (Phi) is 5.26. The quantitative estimate of drug-likeness (QED) is 0.708. The van der Waals surface area contributed by atoms with Crippen LogP contribution >= 0.6 is 0 Å². The minimum Gasteiger partial charge on any atom is -0.465 e. The summed E-state index contributed by atoms with van der Waals surface area (Å²) in [5, 5.41) is 9.49. The van der Waals surface area contributed by atoms with Gasteiger partial charge in [0.25, 0.3) is 5.89 Å². The Morgan fingerprint density at radius 3 is 2.96 bits per heavy atom. The van der Waals surface area contributed by atoms with E-state index in [1.54, 1.807) is 36.6 Å². The number of carbonyl (C=O) groups excluding carboxylic acids is 1. The van der Waals surface area contributed by atoms with E-state index in [0.717, 1.165) is 12.0 Å². The number of amides is 2. The van der Waals surface area contributed by atoms with E-state index in [4.69, 9.17) is 8.94 Å². The van der Waals surface area contributed by atoms with Gasteiger partial charge in [0.2, 0.25) is 5.82 Å². The Labute approximate surface area is 144 Å². The van der Waals surface area contributed by atoms with Crippen LogP contribution in [0.15, 0.2) is 51.6 Å². The van der Waals surface area contributed by atoms with E-state index < -0.39 is 0 Å². The third kappa shape index (κ3) is 4.57. The molecule has 0 aliphatic carbocycles. The van der Waals surface area contributed by atoms with Gasteiger partial charge < -0.3 is 19.6 Å². The van der Waals surface area contributed by atoms with Crippen LogP contribution in [0.3, 0.4) is 0 Å². The molecule has 2 amide bonds. The number of benzene rings is 1. The van der Waals surface area contributed by atoms with Crippen LogP contribution in [0.5, 0.6) is 0 Å². The summed E-state index contributed by atoms with van der Waals surface area (Å²) in [5.41, 5.74) is 1.40. The maximum Gasteiger partial charge on any atom is 0.319 e. The minimum absolute atomic E-state index is 0.241. The molecule has 7 nitrogen and oxygen atoms in total.